The van der Waals surface area contributed by atoms with E-state index in [0.29, 0.717) is 11.1 Å². The second-order valence-corrected chi connectivity index (χ2v) is 11.8. The van der Waals surface area contributed by atoms with Gasteiger partial charge in [-0.15, -0.1) is 23.2 Å². The Labute approximate surface area is 233 Å². The summed E-state index contributed by atoms with van der Waals surface area (Å²) in [6, 6.07) is 12.1. The van der Waals surface area contributed by atoms with E-state index in [4.69, 9.17) is 23.2 Å². The van der Waals surface area contributed by atoms with Gasteiger partial charge in [-0.25, -0.2) is 0 Å². The zero-order valence-electron chi connectivity index (χ0n) is 20.6. The summed E-state index contributed by atoms with van der Waals surface area (Å²) in [5, 5.41) is 29.4. The summed E-state index contributed by atoms with van der Waals surface area (Å²) in [4.78, 5) is 52.6. The first-order chi connectivity index (χ1) is 18.4. The van der Waals surface area contributed by atoms with Crippen molar-refractivity contribution >= 4 is 65.1 Å². The van der Waals surface area contributed by atoms with Crippen LogP contribution in [0.1, 0.15) is 24.3 Å². The number of phenolic OH excluding ortho intramolecular Hbond substituents is 1. The molecule has 4 aliphatic rings. The van der Waals surface area contributed by atoms with Crippen molar-refractivity contribution in [3.8, 4) is 5.75 Å². The molecule has 2 saturated heterocycles. The molecule has 9 nitrogen and oxygen atoms in total. The van der Waals surface area contributed by atoms with Gasteiger partial charge in [0.05, 0.1) is 17.5 Å². The van der Waals surface area contributed by atoms with Gasteiger partial charge in [0.25, 0.3) is 11.8 Å². The molecule has 3 N–H and O–H groups in total. The van der Waals surface area contributed by atoms with Crippen LogP contribution in [0.5, 0.6) is 5.75 Å². The van der Waals surface area contributed by atoms with Crippen LogP contribution in [0.4, 0.5) is 5.69 Å². The lowest BCUT2D eigenvalue weighted by Gasteiger charge is -2.50. The normalized spacial score (nSPS) is 33.6. The maximum absolute atomic E-state index is 13.9. The number of anilines is 1. The van der Waals surface area contributed by atoms with Crippen molar-refractivity contribution in [2.75, 3.05) is 11.9 Å². The SMILES string of the molecule is CN1C(=O)C2(Cl)CC3C(=CCC4C(=O)N(c5cccc(B(O)O)c5)C(=O)C43)C(c3cccc(O)c3)C2(Cl)C1=O. The fourth-order valence-electron chi connectivity index (χ4n) is 6.90. The van der Waals surface area contributed by atoms with Gasteiger partial charge in [-0.2, -0.15) is 0 Å². The van der Waals surface area contributed by atoms with Crippen LogP contribution < -0.4 is 10.4 Å². The number of fused-ring (bicyclic) bond motifs is 4. The number of likely N-dealkylation sites (tertiary alicyclic amines) is 1. The highest BCUT2D eigenvalue weighted by Gasteiger charge is 2.75. The van der Waals surface area contributed by atoms with Crippen LogP contribution in [0.2, 0.25) is 0 Å². The number of phenols is 1. The summed E-state index contributed by atoms with van der Waals surface area (Å²) >= 11 is 14.2. The van der Waals surface area contributed by atoms with Crippen LogP contribution in [0, 0.1) is 17.8 Å². The fraction of sp³-hybridized carbons (Fsp3) is 0.333. The van der Waals surface area contributed by atoms with Gasteiger partial charge in [0.1, 0.15) is 5.75 Å². The number of amides is 4. The molecule has 2 aromatic carbocycles. The van der Waals surface area contributed by atoms with E-state index in [1.54, 1.807) is 18.2 Å². The largest absolute Gasteiger partial charge is 0.508 e. The number of nitrogens with zero attached hydrogens (tertiary/aromatic N) is 2. The maximum atomic E-state index is 13.9. The lowest BCUT2D eigenvalue weighted by Crippen LogP contribution is -2.60. The van der Waals surface area contributed by atoms with E-state index in [-0.39, 0.29) is 29.7 Å². The van der Waals surface area contributed by atoms with E-state index in [1.807, 2.05) is 0 Å². The highest BCUT2D eigenvalue weighted by molar-refractivity contribution is 6.58. The molecule has 6 unspecified atom stereocenters. The monoisotopic (exact) mass is 568 g/mol. The van der Waals surface area contributed by atoms with Gasteiger partial charge in [0.2, 0.25) is 11.8 Å². The minimum absolute atomic E-state index is 0.0706. The molecule has 0 bridgehead atoms. The molecular formula is C27H23BCl2N2O7. The number of halogens is 2. The van der Waals surface area contributed by atoms with Crippen molar-refractivity contribution in [2.24, 2.45) is 17.8 Å². The van der Waals surface area contributed by atoms with Crippen LogP contribution in [-0.4, -0.2) is 67.6 Å². The fourth-order valence-corrected chi connectivity index (χ4v) is 7.92. The van der Waals surface area contributed by atoms with E-state index < -0.39 is 64.2 Å². The lowest BCUT2D eigenvalue weighted by atomic mass is 9.56. The van der Waals surface area contributed by atoms with E-state index in [2.05, 4.69) is 0 Å². The molecule has 3 fully saturated rings. The predicted octanol–water partition coefficient (Wildman–Crippen LogP) is 1.27. The average molecular weight is 569 g/mol. The van der Waals surface area contributed by atoms with Gasteiger partial charge in [-0.3, -0.25) is 29.0 Å². The van der Waals surface area contributed by atoms with Gasteiger partial charge in [0, 0.05) is 13.0 Å². The van der Waals surface area contributed by atoms with Crippen LogP contribution >= 0.6 is 23.2 Å². The molecule has 0 radical (unpaired) electrons. The minimum Gasteiger partial charge on any atom is -0.508 e. The molecule has 12 heteroatoms. The number of carbonyl (C=O) groups is 4. The first-order valence-electron chi connectivity index (χ1n) is 12.4. The third-order valence-corrected chi connectivity index (χ3v) is 10.1. The quantitative estimate of drug-likeness (QED) is 0.219. The third kappa shape index (κ3) is 3.35. The number of hydrogen-bond acceptors (Lipinski definition) is 7. The smallest absolute Gasteiger partial charge is 0.488 e. The molecule has 6 atom stereocenters. The molecule has 2 aliphatic carbocycles. The minimum atomic E-state index is -1.92. The van der Waals surface area contributed by atoms with Gasteiger partial charge in [0.15, 0.2) is 9.75 Å². The zero-order chi connectivity index (χ0) is 28.0. The summed E-state index contributed by atoms with van der Waals surface area (Å²) in [6.45, 7) is 0. The standard InChI is InChI=1S/C27H23BCl2N2O7/c1-31-24(36)26(29)12-19-17(21(27(26,30)25(31)37)13-4-2-7-16(33)10-13)8-9-18-20(19)23(35)32(22(18)34)15-6-3-5-14(11-15)28(38)39/h2-8,10-11,18-21,33,38-39H,9,12H2,1H3. The zero-order valence-corrected chi connectivity index (χ0v) is 22.1. The van der Waals surface area contributed by atoms with Crippen LogP contribution in [0.15, 0.2) is 60.2 Å². The summed E-state index contributed by atoms with van der Waals surface area (Å²) in [6.07, 6.45) is 1.85. The Balaban J connectivity index is 1.49. The highest BCUT2D eigenvalue weighted by Crippen LogP contribution is 2.65. The lowest BCUT2D eigenvalue weighted by molar-refractivity contribution is -0.138. The maximum Gasteiger partial charge on any atom is 0.488 e. The van der Waals surface area contributed by atoms with E-state index in [1.165, 1.54) is 43.4 Å². The van der Waals surface area contributed by atoms with Gasteiger partial charge in [-0.1, -0.05) is 35.9 Å². The highest BCUT2D eigenvalue weighted by atomic mass is 35.5. The summed E-state index contributed by atoms with van der Waals surface area (Å²) in [5.74, 6) is -5.66. The Morgan fingerprint density at radius 2 is 1.67 bits per heavy atom. The third-order valence-electron chi connectivity index (χ3n) is 8.64. The number of carbonyl (C=O) groups excluding carboxylic acids is 4. The Kier molecular flexibility index (Phi) is 5.79. The average Bonchev–Trinajstić information content (AvgIpc) is 3.23. The van der Waals surface area contributed by atoms with Crippen molar-refractivity contribution in [3.05, 3.63) is 65.7 Å². The van der Waals surface area contributed by atoms with Crippen molar-refractivity contribution in [1.82, 2.24) is 4.90 Å². The predicted molar refractivity (Wildman–Crippen MR) is 142 cm³/mol. The van der Waals surface area contributed by atoms with Crippen molar-refractivity contribution in [2.45, 2.75) is 28.5 Å². The topological polar surface area (TPSA) is 135 Å². The molecule has 39 heavy (non-hydrogen) atoms. The number of imide groups is 2. The molecule has 1 saturated carbocycles. The van der Waals surface area contributed by atoms with E-state index in [0.717, 1.165) is 9.80 Å². The van der Waals surface area contributed by atoms with Gasteiger partial charge in [-0.05, 0) is 54.1 Å². The molecule has 0 spiro atoms. The van der Waals surface area contributed by atoms with Gasteiger partial charge >= 0.3 is 7.12 Å². The Morgan fingerprint density at radius 3 is 2.36 bits per heavy atom. The van der Waals surface area contributed by atoms with E-state index in [9.17, 15) is 34.3 Å². The Bertz CT molecular complexity index is 1500. The van der Waals surface area contributed by atoms with E-state index >= 15 is 0 Å². The van der Waals surface area contributed by atoms with Crippen LogP contribution in [0.3, 0.4) is 0 Å². The number of benzene rings is 2. The molecule has 200 valence electrons. The number of aromatic hydroxyl groups is 1. The summed E-state index contributed by atoms with van der Waals surface area (Å²) < 4.78 is 0. The second-order valence-electron chi connectivity index (χ2n) is 10.6. The molecule has 0 aromatic heterocycles. The van der Waals surface area contributed by atoms with Crippen molar-refractivity contribution in [1.29, 1.82) is 0 Å². The number of rotatable bonds is 3. The Morgan fingerprint density at radius 1 is 0.949 bits per heavy atom. The Hall–Kier alpha value is -3.18. The molecule has 4 amide bonds. The van der Waals surface area contributed by atoms with Crippen molar-refractivity contribution < 1.29 is 34.3 Å². The van der Waals surface area contributed by atoms with Crippen molar-refractivity contribution in [3.63, 3.8) is 0 Å². The number of alkyl halides is 2. The second kappa shape index (κ2) is 8.66. The first kappa shape index (κ1) is 26.1. The summed E-state index contributed by atoms with van der Waals surface area (Å²) in [5.41, 5.74) is 1.39. The first-order valence-corrected chi connectivity index (χ1v) is 13.2. The molecule has 2 aliphatic heterocycles. The molecule has 2 heterocycles. The number of hydrogen-bond donors (Lipinski definition) is 3. The van der Waals surface area contributed by atoms with Gasteiger partial charge < -0.3 is 15.2 Å². The van der Waals surface area contributed by atoms with Crippen LogP contribution in [-0.2, 0) is 19.2 Å². The van der Waals surface area contributed by atoms with Crippen LogP contribution in [0.25, 0.3) is 0 Å². The molecular weight excluding hydrogens is 546 g/mol. The number of allylic oxidation sites excluding steroid dienone is 2. The summed E-state index contributed by atoms with van der Waals surface area (Å²) in [7, 11) is -0.475. The molecule has 6 rings (SSSR count). The molecule has 2 aromatic rings.